The minimum Gasteiger partial charge on any atom is -0.337 e. The smallest absolute Gasteiger partial charge is 0.117 e. The van der Waals surface area contributed by atoms with Gasteiger partial charge in [-0.25, -0.2) is 4.39 Å². The van der Waals surface area contributed by atoms with E-state index in [1.807, 2.05) is 30.7 Å². The number of aromatic nitrogens is 2. The van der Waals surface area contributed by atoms with Crippen LogP contribution in [0.25, 0.3) is 22.0 Å². The predicted molar refractivity (Wildman–Crippen MR) is 105 cm³/mol. The second-order valence-electron chi connectivity index (χ2n) is 6.00. The van der Waals surface area contributed by atoms with E-state index in [0.717, 1.165) is 33.4 Å². The molecule has 2 N–H and O–H groups in total. The Kier molecular flexibility index (Phi) is 5.25. The maximum Gasteiger partial charge on any atom is 0.117 e. The molecule has 0 fully saturated rings. The molecule has 0 aliphatic rings. The van der Waals surface area contributed by atoms with Crippen LogP contribution in [0.3, 0.4) is 0 Å². The molecule has 0 aliphatic heterocycles. The molecule has 3 nitrogen and oxygen atoms in total. The molecule has 0 bridgehead atoms. The number of rotatable bonds is 5. The van der Waals surface area contributed by atoms with Gasteiger partial charge in [-0.2, -0.15) is 0 Å². The standard InChI is InChI=1S/C20H22FN3S/c1-13-10-15(7-9-23-13)20-14(2)24(12-16(21)6-8-22)19-5-4-17(25-3)11-18(19)20/h4-7,9-11H,8,12,22H2,1-3H3/b16-6-. The topological polar surface area (TPSA) is 43.8 Å². The minimum atomic E-state index is -0.214. The normalized spacial score (nSPS) is 12.1. The van der Waals surface area contributed by atoms with E-state index in [1.165, 1.54) is 11.0 Å². The molecule has 0 saturated heterocycles. The van der Waals surface area contributed by atoms with E-state index in [-0.39, 0.29) is 18.9 Å². The van der Waals surface area contributed by atoms with Crippen LogP contribution in [-0.4, -0.2) is 22.4 Å². The highest BCUT2D eigenvalue weighted by Gasteiger charge is 2.17. The summed E-state index contributed by atoms with van der Waals surface area (Å²) in [5.41, 5.74) is 10.7. The lowest BCUT2D eigenvalue weighted by atomic mass is 10.0. The molecule has 25 heavy (non-hydrogen) atoms. The van der Waals surface area contributed by atoms with Gasteiger partial charge < -0.3 is 10.3 Å². The lowest BCUT2D eigenvalue weighted by Gasteiger charge is -2.08. The summed E-state index contributed by atoms with van der Waals surface area (Å²) in [5.74, 6) is -0.214. The lowest BCUT2D eigenvalue weighted by Crippen LogP contribution is -2.03. The van der Waals surface area contributed by atoms with Crippen molar-refractivity contribution in [2.75, 3.05) is 12.8 Å². The first-order valence-corrected chi connectivity index (χ1v) is 9.42. The molecule has 3 rings (SSSR count). The van der Waals surface area contributed by atoms with E-state index in [1.54, 1.807) is 11.8 Å². The molecule has 0 saturated carbocycles. The molecule has 2 aromatic heterocycles. The molecule has 2 heterocycles. The summed E-state index contributed by atoms with van der Waals surface area (Å²) >= 11 is 1.70. The number of hydrogen-bond donors (Lipinski definition) is 1. The summed E-state index contributed by atoms with van der Waals surface area (Å²) in [4.78, 5) is 5.48. The van der Waals surface area contributed by atoms with Gasteiger partial charge in [0, 0.05) is 45.5 Å². The van der Waals surface area contributed by atoms with E-state index in [0.29, 0.717) is 0 Å². The van der Waals surface area contributed by atoms with Crippen molar-refractivity contribution in [3.05, 3.63) is 59.8 Å². The average molecular weight is 355 g/mol. The van der Waals surface area contributed by atoms with Crippen LogP contribution in [0.5, 0.6) is 0 Å². The van der Waals surface area contributed by atoms with Crippen molar-refractivity contribution in [2.45, 2.75) is 25.3 Å². The largest absolute Gasteiger partial charge is 0.337 e. The molecule has 0 atom stereocenters. The van der Waals surface area contributed by atoms with Gasteiger partial charge in [0.1, 0.15) is 5.83 Å². The Hall–Kier alpha value is -2.11. The van der Waals surface area contributed by atoms with Crippen molar-refractivity contribution in [1.82, 2.24) is 9.55 Å². The molecular formula is C20H22FN3S. The predicted octanol–water partition coefficient (Wildman–Crippen LogP) is 4.85. The Morgan fingerprint density at radius 2 is 2.08 bits per heavy atom. The Labute approximate surface area is 151 Å². The molecule has 0 radical (unpaired) electrons. The SMILES string of the molecule is CSc1ccc2c(c1)c(-c1ccnc(C)c1)c(C)n2C/C(F)=C/CN. The highest BCUT2D eigenvalue weighted by molar-refractivity contribution is 7.98. The summed E-state index contributed by atoms with van der Waals surface area (Å²) in [5, 5.41) is 1.13. The monoisotopic (exact) mass is 355 g/mol. The third kappa shape index (κ3) is 3.48. The van der Waals surface area contributed by atoms with Crippen LogP contribution in [0.1, 0.15) is 11.4 Å². The molecule has 1 aromatic carbocycles. The minimum absolute atomic E-state index is 0.197. The number of allylic oxidation sites excluding steroid dienone is 1. The number of nitrogens with two attached hydrogens (primary N) is 1. The van der Waals surface area contributed by atoms with Gasteiger partial charge in [-0.15, -0.1) is 11.8 Å². The summed E-state index contributed by atoms with van der Waals surface area (Å²) in [6.07, 6.45) is 5.31. The van der Waals surface area contributed by atoms with Gasteiger partial charge in [0.25, 0.3) is 0 Å². The van der Waals surface area contributed by atoms with E-state index in [9.17, 15) is 4.39 Å². The van der Waals surface area contributed by atoms with Crippen LogP contribution in [0.4, 0.5) is 4.39 Å². The quantitative estimate of drug-likeness (QED) is 0.665. The molecule has 3 aromatic rings. The molecule has 0 unspecified atom stereocenters. The number of aryl methyl sites for hydroxylation is 1. The third-order valence-corrected chi connectivity index (χ3v) is 5.09. The van der Waals surface area contributed by atoms with Crippen LogP contribution in [0, 0.1) is 13.8 Å². The van der Waals surface area contributed by atoms with Crippen LogP contribution < -0.4 is 5.73 Å². The number of nitrogens with zero attached hydrogens (tertiary/aromatic N) is 2. The van der Waals surface area contributed by atoms with E-state index >= 15 is 0 Å². The summed E-state index contributed by atoms with van der Waals surface area (Å²) in [6, 6.07) is 10.4. The van der Waals surface area contributed by atoms with Crippen molar-refractivity contribution in [2.24, 2.45) is 5.73 Å². The van der Waals surface area contributed by atoms with Gasteiger partial charge in [0.2, 0.25) is 0 Å². The highest BCUT2D eigenvalue weighted by atomic mass is 32.2. The number of hydrogen-bond acceptors (Lipinski definition) is 3. The zero-order valence-corrected chi connectivity index (χ0v) is 15.5. The Morgan fingerprint density at radius 3 is 2.76 bits per heavy atom. The van der Waals surface area contributed by atoms with Crippen molar-refractivity contribution in [3.63, 3.8) is 0 Å². The number of halogens is 1. The van der Waals surface area contributed by atoms with Crippen LogP contribution >= 0.6 is 11.8 Å². The van der Waals surface area contributed by atoms with Gasteiger partial charge in [-0.05, 0) is 62.1 Å². The second-order valence-corrected chi connectivity index (χ2v) is 6.88. The molecule has 130 valence electrons. The van der Waals surface area contributed by atoms with Crippen LogP contribution in [-0.2, 0) is 6.54 Å². The van der Waals surface area contributed by atoms with E-state index in [4.69, 9.17) is 5.73 Å². The van der Waals surface area contributed by atoms with Gasteiger partial charge in [0.15, 0.2) is 0 Å². The van der Waals surface area contributed by atoms with Crippen molar-refractivity contribution >= 4 is 22.7 Å². The van der Waals surface area contributed by atoms with Crippen LogP contribution in [0.2, 0.25) is 0 Å². The summed E-state index contributed by atoms with van der Waals surface area (Å²) < 4.78 is 16.2. The molecule has 0 aliphatic carbocycles. The summed E-state index contributed by atoms with van der Waals surface area (Å²) in [7, 11) is 0. The molecule has 0 amide bonds. The highest BCUT2D eigenvalue weighted by Crippen LogP contribution is 2.37. The Bertz CT molecular complexity index is 944. The van der Waals surface area contributed by atoms with E-state index in [2.05, 4.69) is 35.5 Å². The first-order valence-electron chi connectivity index (χ1n) is 8.19. The second kappa shape index (κ2) is 7.42. The van der Waals surface area contributed by atoms with Gasteiger partial charge in [0.05, 0.1) is 6.54 Å². The van der Waals surface area contributed by atoms with Gasteiger partial charge >= 0.3 is 0 Å². The number of benzene rings is 1. The van der Waals surface area contributed by atoms with Crippen molar-refractivity contribution in [1.29, 1.82) is 0 Å². The van der Waals surface area contributed by atoms with E-state index < -0.39 is 0 Å². The number of pyridine rings is 1. The molecule has 0 spiro atoms. The average Bonchev–Trinajstić information content (AvgIpc) is 2.86. The number of fused-ring (bicyclic) bond motifs is 1. The van der Waals surface area contributed by atoms with Gasteiger partial charge in [-0.1, -0.05) is 0 Å². The zero-order valence-electron chi connectivity index (χ0n) is 14.7. The number of thioether (sulfide) groups is 1. The fraction of sp³-hybridized carbons (Fsp3) is 0.250. The van der Waals surface area contributed by atoms with Crippen molar-refractivity contribution < 1.29 is 4.39 Å². The maximum absolute atomic E-state index is 14.2. The lowest BCUT2D eigenvalue weighted by molar-refractivity contribution is 0.555. The fourth-order valence-corrected chi connectivity index (χ4v) is 3.64. The van der Waals surface area contributed by atoms with Gasteiger partial charge in [-0.3, -0.25) is 4.98 Å². The first-order chi connectivity index (χ1) is 12.0. The maximum atomic E-state index is 14.2. The zero-order chi connectivity index (χ0) is 18.0. The van der Waals surface area contributed by atoms with Crippen LogP contribution in [0.15, 0.2) is 53.3 Å². The first kappa shape index (κ1) is 17.7. The molecule has 5 heteroatoms. The summed E-state index contributed by atoms with van der Waals surface area (Å²) in [6.45, 7) is 4.42. The Morgan fingerprint density at radius 1 is 1.28 bits per heavy atom. The third-order valence-electron chi connectivity index (χ3n) is 4.36. The fourth-order valence-electron chi connectivity index (χ4n) is 3.20. The molecular weight excluding hydrogens is 333 g/mol. The Balaban J connectivity index is 2.27. The van der Waals surface area contributed by atoms with Crippen molar-refractivity contribution in [3.8, 4) is 11.1 Å².